The summed E-state index contributed by atoms with van der Waals surface area (Å²) < 4.78 is 20.3. The molecule has 0 fully saturated rings. The summed E-state index contributed by atoms with van der Waals surface area (Å²) in [5, 5.41) is 0. The Kier molecular flexibility index (Phi) is 4.63. The first-order valence-electron chi connectivity index (χ1n) is 8.98. The fourth-order valence-corrected chi connectivity index (χ4v) is 3.29. The predicted octanol–water partition coefficient (Wildman–Crippen LogP) is 4.84. The van der Waals surface area contributed by atoms with Gasteiger partial charge in [0.2, 0.25) is 0 Å². The number of benzene rings is 3. The maximum atomic E-state index is 14.7. The lowest BCUT2D eigenvalue weighted by Crippen LogP contribution is -2.31. The van der Waals surface area contributed by atoms with Crippen LogP contribution < -0.4 is 4.74 Å². The number of nitrogens with zero attached hydrogens (tertiary/aromatic N) is 1. The molecule has 0 aliphatic carbocycles. The van der Waals surface area contributed by atoms with Gasteiger partial charge in [-0.2, -0.15) is 0 Å². The molecule has 27 heavy (non-hydrogen) atoms. The molecule has 3 aromatic rings. The highest BCUT2D eigenvalue weighted by atomic mass is 19.1. The molecular formula is C23H20FNO2. The molecule has 0 N–H and O–H groups in total. The number of ether oxygens (including phenoxy) is 1. The van der Waals surface area contributed by atoms with Gasteiger partial charge in [-0.15, -0.1) is 0 Å². The molecule has 0 spiro atoms. The summed E-state index contributed by atoms with van der Waals surface area (Å²) in [4.78, 5) is 14.9. The van der Waals surface area contributed by atoms with Crippen LogP contribution in [0.25, 0.3) is 11.1 Å². The zero-order valence-corrected chi connectivity index (χ0v) is 15.1. The summed E-state index contributed by atoms with van der Waals surface area (Å²) >= 11 is 0. The van der Waals surface area contributed by atoms with Crippen LogP contribution in [0.4, 0.5) is 4.39 Å². The van der Waals surface area contributed by atoms with E-state index in [4.69, 9.17) is 4.74 Å². The minimum Gasteiger partial charge on any atom is -0.491 e. The number of fused-ring (bicyclic) bond motifs is 1. The largest absolute Gasteiger partial charge is 0.491 e. The molecule has 1 heterocycles. The van der Waals surface area contributed by atoms with Gasteiger partial charge < -0.3 is 9.64 Å². The Morgan fingerprint density at radius 1 is 1.00 bits per heavy atom. The van der Waals surface area contributed by atoms with Crippen molar-refractivity contribution in [3.05, 3.63) is 89.2 Å². The lowest BCUT2D eigenvalue weighted by molar-refractivity contribution is 0.0743. The van der Waals surface area contributed by atoms with E-state index in [1.54, 1.807) is 11.0 Å². The van der Waals surface area contributed by atoms with Crippen molar-refractivity contribution in [2.75, 3.05) is 13.2 Å². The van der Waals surface area contributed by atoms with E-state index in [9.17, 15) is 9.18 Å². The molecule has 0 saturated heterocycles. The fraction of sp³-hybridized carbons (Fsp3) is 0.174. The summed E-state index contributed by atoms with van der Waals surface area (Å²) in [5.74, 6) is -0.217. The number of amides is 1. The lowest BCUT2D eigenvalue weighted by Gasteiger charge is -2.20. The molecule has 1 aliphatic heterocycles. The summed E-state index contributed by atoms with van der Waals surface area (Å²) in [7, 11) is 0. The number of carbonyl (C=O) groups excluding carboxylic acids is 1. The number of hydrogen-bond acceptors (Lipinski definition) is 2. The quantitative estimate of drug-likeness (QED) is 0.668. The summed E-state index contributed by atoms with van der Waals surface area (Å²) in [6, 6.07) is 20.4. The van der Waals surface area contributed by atoms with Crippen LogP contribution in [0.3, 0.4) is 0 Å². The van der Waals surface area contributed by atoms with E-state index in [2.05, 4.69) is 0 Å². The number of carbonyl (C=O) groups is 1. The second-order valence-electron chi connectivity index (χ2n) is 6.76. The molecule has 4 heteroatoms. The molecule has 136 valence electrons. The molecule has 0 saturated carbocycles. The van der Waals surface area contributed by atoms with E-state index >= 15 is 0 Å². The zero-order valence-electron chi connectivity index (χ0n) is 15.1. The van der Waals surface area contributed by atoms with Gasteiger partial charge >= 0.3 is 0 Å². The van der Waals surface area contributed by atoms with Gasteiger partial charge in [0.05, 0.1) is 12.1 Å². The van der Waals surface area contributed by atoms with Gasteiger partial charge in [0.1, 0.15) is 18.2 Å². The lowest BCUT2D eigenvalue weighted by atomic mass is 10.00. The van der Waals surface area contributed by atoms with Crippen molar-refractivity contribution >= 4 is 5.91 Å². The topological polar surface area (TPSA) is 29.5 Å². The molecule has 0 bridgehead atoms. The minimum absolute atomic E-state index is 0.139. The number of rotatable bonds is 3. The van der Waals surface area contributed by atoms with Crippen LogP contribution in [0, 0.1) is 12.7 Å². The summed E-state index contributed by atoms with van der Waals surface area (Å²) in [6.07, 6.45) is 0. The van der Waals surface area contributed by atoms with Gasteiger partial charge in [0.15, 0.2) is 0 Å². The predicted molar refractivity (Wildman–Crippen MR) is 103 cm³/mol. The van der Waals surface area contributed by atoms with E-state index in [1.807, 2.05) is 61.5 Å². The minimum atomic E-state index is -0.387. The Balaban J connectivity index is 1.71. The third kappa shape index (κ3) is 3.56. The number of halogens is 1. The second kappa shape index (κ2) is 7.23. The van der Waals surface area contributed by atoms with Crippen molar-refractivity contribution in [2.45, 2.75) is 13.5 Å². The van der Waals surface area contributed by atoms with Crippen LogP contribution in [0.2, 0.25) is 0 Å². The highest BCUT2D eigenvalue weighted by Crippen LogP contribution is 2.32. The van der Waals surface area contributed by atoms with E-state index in [0.29, 0.717) is 36.6 Å². The van der Waals surface area contributed by atoms with Crippen molar-refractivity contribution in [2.24, 2.45) is 0 Å². The zero-order chi connectivity index (χ0) is 18.8. The molecule has 0 atom stereocenters. The van der Waals surface area contributed by atoms with Crippen LogP contribution in [0.15, 0.2) is 66.7 Å². The first kappa shape index (κ1) is 17.3. The monoisotopic (exact) mass is 361 g/mol. The highest BCUT2D eigenvalue weighted by molar-refractivity contribution is 5.98. The molecular weight excluding hydrogens is 341 g/mol. The van der Waals surface area contributed by atoms with Gasteiger partial charge in [-0.25, -0.2) is 4.39 Å². The van der Waals surface area contributed by atoms with E-state index < -0.39 is 0 Å². The summed E-state index contributed by atoms with van der Waals surface area (Å²) in [5.41, 5.74) is 3.71. The normalized spacial score (nSPS) is 13.7. The standard InChI is InChI=1S/C23H20FNO2/c1-16-7-9-18(10-8-16)19-13-20-22(14-21(19)24)27-12-11-25(23(20)26)15-17-5-3-2-4-6-17/h2-10,13-14H,11-12,15H2,1H3. The SMILES string of the molecule is Cc1ccc(-c2cc3c(cc2F)OCCN(Cc2ccccc2)C3=O)cc1. The van der Waals surface area contributed by atoms with E-state index in [1.165, 1.54) is 6.07 Å². The number of hydrogen-bond donors (Lipinski definition) is 0. The van der Waals surface area contributed by atoms with Gasteiger partial charge in [0.25, 0.3) is 5.91 Å². The molecule has 1 amide bonds. The Labute approximate surface area is 158 Å². The van der Waals surface area contributed by atoms with E-state index in [-0.39, 0.29) is 11.7 Å². The van der Waals surface area contributed by atoms with Gasteiger partial charge in [-0.05, 0) is 24.1 Å². The molecule has 1 aliphatic rings. The highest BCUT2D eigenvalue weighted by Gasteiger charge is 2.25. The van der Waals surface area contributed by atoms with Gasteiger partial charge in [0, 0.05) is 18.2 Å². The molecule has 0 unspecified atom stereocenters. The Bertz CT molecular complexity index is 968. The Hall–Kier alpha value is -3.14. The Morgan fingerprint density at radius 2 is 1.74 bits per heavy atom. The van der Waals surface area contributed by atoms with E-state index in [0.717, 1.165) is 16.7 Å². The van der Waals surface area contributed by atoms with Crippen LogP contribution in [-0.4, -0.2) is 24.0 Å². The molecule has 3 nitrogen and oxygen atoms in total. The molecule has 4 rings (SSSR count). The molecule has 0 aromatic heterocycles. The maximum absolute atomic E-state index is 14.7. The smallest absolute Gasteiger partial charge is 0.258 e. The molecule has 3 aromatic carbocycles. The van der Waals surface area contributed by atoms with Crippen LogP contribution in [0.5, 0.6) is 5.75 Å². The average molecular weight is 361 g/mol. The van der Waals surface area contributed by atoms with Crippen LogP contribution >= 0.6 is 0 Å². The molecule has 0 radical (unpaired) electrons. The van der Waals surface area contributed by atoms with Crippen molar-refractivity contribution in [3.63, 3.8) is 0 Å². The van der Waals surface area contributed by atoms with Crippen molar-refractivity contribution in [1.82, 2.24) is 4.90 Å². The third-order valence-corrected chi connectivity index (χ3v) is 4.78. The van der Waals surface area contributed by atoms with Crippen molar-refractivity contribution in [1.29, 1.82) is 0 Å². The second-order valence-corrected chi connectivity index (χ2v) is 6.76. The number of aryl methyl sites for hydroxylation is 1. The first-order valence-corrected chi connectivity index (χ1v) is 8.98. The van der Waals surface area contributed by atoms with Crippen LogP contribution in [-0.2, 0) is 6.54 Å². The maximum Gasteiger partial charge on any atom is 0.258 e. The Morgan fingerprint density at radius 3 is 2.48 bits per heavy atom. The summed E-state index contributed by atoms with van der Waals surface area (Å²) in [6.45, 7) is 3.29. The van der Waals surface area contributed by atoms with Crippen molar-refractivity contribution < 1.29 is 13.9 Å². The van der Waals surface area contributed by atoms with Gasteiger partial charge in [-0.3, -0.25) is 4.79 Å². The third-order valence-electron chi connectivity index (χ3n) is 4.78. The van der Waals surface area contributed by atoms with Crippen LogP contribution in [0.1, 0.15) is 21.5 Å². The average Bonchev–Trinajstić information content (AvgIpc) is 2.82. The first-order chi connectivity index (χ1) is 13.1. The fourth-order valence-electron chi connectivity index (χ4n) is 3.29. The van der Waals surface area contributed by atoms with Crippen molar-refractivity contribution in [3.8, 4) is 16.9 Å². The van der Waals surface area contributed by atoms with Gasteiger partial charge in [-0.1, -0.05) is 60.2 Å².